The minimum Gasteiger partial charge on any atom is -0.507 e. The molecule has 0 atom stereocenters. The lowest BCUT2D eigenvalue weighted by Gasteiger charge is -2.02. The summed E-state index contributed by atoms with van der Waals surface area (Å²) in [5, 5.41) is 10.3. The molecule has 0 saturated heterocycles. The molecule has 2 aromatic heterocycles. The van der Waals surface area contributed by atoms with E-state index in [1.165, 1.54) is 12.1 Å². The van der Waals surface area contributed by atoms with Gasteiger partial charge in [0.05, 0.1) is 5.56 Å². The van der Waals surface area contributed by atoms with Crippen molar-refractivity contribution in [1.82, 2.24) is 9.55 Å². The Labute approximate surface area is 144 Å². The molecule has 0 aliphatic rings. The monoisotopic (exact) mass is 348 g/mol. The molecule has 0 aliphatic carbocycles. The molecule has 0 saturated carbocycles. The van der Waals surface area contributed by atoms with Crippen molar-refractivity contribution < 1.29 is 9.90 Å². The minimum absolute atomic E-state index is 0. The number of carbonyl (C=O) groups excluding carboxylic acids is 1. The maximum absolute atomic E-state index is 12.6. The van der Waals surface area contributed by atoms with Gasteiger partial charge in [0.2, 0.25) is 0 Å². The Hall–Kier alpha value is -2.30. The van der Waals surface area contributed by atoms with Gasteiger partial charge >= 0.3 is 0 Å². The van der Waals surface area contributed by atoms with E-state index in [0.29, 0.717) is 10.6 Å². The van der Waals surface area contributed by atoms with Gasteiger partial charge in [0, 0.05) is 47.5 Å². The fourth-order valence-corrected chi connectivity index (χ4v) is 2.52. The molecule has 3 aromatic rings. The molecule has 23 heavy (non-hydrogen) atoms. The number of ketones is 1. The third-order valence-electron chi connectivity index (χ3n) is 3.45. The fourth-order valence-electron chi connectivity index (χ4n) is 2.34. The molecule has 6 heteroatoms. The third kappa shape index (κ3) is 3.38. The van der Waals surface area contributed by atoms with Crippen LogP contribution in [0, 0.1) is 0 Å². The first-order chi connectivity index (χ1) is 10.6. The van der Waals surface area contributed by atoms with Gasteiger partial charge in [-0.25, -0.2) is 0 Å². The number of pyridine rings is 1. The van der Waals surface area contributed by atoms with Crippen LogP contribution in [-0.2, 0) is 7.05 Å². The number of phenolic OH excluding ortho intramolecular Hbond substituents is 1. The van der Waals surface area contributed by atoms with E-state index in [0.717, 1.165) is 11.3 Å². The second-order valence-electron chi connectivity index (χ2n) is 4.95. The van der Waals surface area contributed by atoms with E-state index < -0.39 is 0 Å². The summed E-state index contributed by atoms with van der Waals surface area (Å²) in [5.74, 6) is -0.348. The highest BCUT2D eigenvalue weighted by Gasteiger charge is 2.17. The van der Waals surface area contributed by atoms with Crippen LogP contribution in [0.25, 0.3) is 11.3 Å². The number of benzene rings is 1. The topological polar surface area (TPSA) is 55.1 Å². The summed E-state index contributed by atoms with van der Waals surface area (Å²) >= 11 is 5.91. The van der Waals surface area contributed by atoms with Gasteiger partial charge in [0.15, 0.2) is 5.78 Å². The second kappa shape index (κ2) is 6.86. The molecule has 0 fully saturated rings. The van der Waals surface area contributed by atoms with Gasteiger partial charge in [-0.3, -0.25) is 9.78 Å². The molecule has 0 spiro atoms. The first-order valence-corrected chi connectivity index (χ1v) is 7.04. The fraction of sp³-hybridized carbons (Fsp3) is 0.0588. The van der Waals surface area contributed by atoms with Crippen LogP contribution in [0.5, 0.6) is 5.75 Å². The Bertz CT molecular complexity index is 845. The zero-order valence-electron chi connectivity index (χ0n) is 12.2. The summed E-state index contributed by atoms with van der Waals surface area (Å²) in [6.07, 6.45) is 5.14. The molecular formula is C17H14Cl2N2O2. The highest BCUT2D eigenvalue weighted by atomic mass is 35.5. The molecule has 0 amide bonds. The Morgan fingerprint density at radius 1 is 1.17 bits per heavy atom. The number of hydrogen-bond donors (Lipinski definition) is 1. The first kappa shape index (κ1) is 17.1. The van der Waals surface area contributed by atoms with Crippen LogP contribution in [-0.4, -0.2) is 20.4 Å². The van der Waals surface area contributed by atoms with E-state index in [4.69, 9.17) is 11.6 Å². The number of aromatic nitrogens is 2. The number of nitrogens with zero attached hydrogens (tertiary/aromatic N) is 2. The summed E-state index contributed by atoms with van der Waals surface area (Å²) in [7, 11) is 1.87. The highest BCUT2D eigenvalue weighted by molar-refractivity contribution is 6.31. The number of rotatable bonds is 3. The van der Waals surface area contributed by atoms with Gasteiger partial charge in [-0.1, -0.05) is 11.6 Å². The predicted molar refractivity (Wildman–Crippen MR) is 92.4 cm³/mol. The van der Waals surface area contributed by atoms with Crippen LogP contribution in [0.2, 0.25) is 5.02 Å². The lowest BCUT2D eigenvalue weighted by molar-refractivity contribution is 0.103. The van der Waals surface area contributed by atoms with Crippen molar-refractivity contribution in [1.29, 1.82) is 0 Å². The Morgan fingerprint density at radius 2 is 1.87 bits per heavy atom. The zero-order chi connectivity index (χ0) is 15.7. The quantitative estimate of drug-likeness (QED) is 0.725. The lowest BCUT2D eigenvalue weighted by Crippen LogP contribution is -2.00. The predicted octanol–water partition coefficient (Wildman–Crippen LogP) is 4.10. The van der Waals surface area contributed by atoms with Crippen molar-refractivity contribution in [3.8, 4) is 17.0 Å². The third-order valence-corrected chi connectivity index (χ3v) is 3.68. The number of phenols is 1. The summed E-state index contributed by atoms with van der Waals surface area (Å²) in [6, 6.07) is 9.97. The summed E-state index contributed by atoms with van der Waals surface area (Å²) in [6.45, 7) is 0. The van der Waals surface area contributed by atoms with Crippen molar-refractivity contribution in [3.63, 3.8) is 0 Å². The van der Waals surface area contributed by atoms with Crippen LogP contribution >= 0.6 is 24.0 Å². The van der Waals surface area contributed by atoms with Crippen molar-refractivity contribution in [2.24, 2.45) is 7.05 Å². The largest absolute Gasteiger partial charge is 0.507 e. The first-order valence-electron chi connectivity index (χ1n) is 6.66. The van der Waals surface area contributed by atoms with Gasteiger partial charge in [-0.05, 0) is 36.4 Å². The molecule has 0 radical (unpaired) electrons. The van der Waals surface area contributed by atoms with Gasteiger partial charge in [-0.2, -0.15) is 0 Å². The average Bonchev–Trinajstić information content (AvgIpc) is 2.92. The van der Waals surface area contributed by atoms with Crippen molar-refractivity contribution in [2.45, 2.75) is 0 Å². The van der Waals surface area contributed by atoms with E-state index >= 15 is 0 Å². The molecule has 0 unspecified atom stereocenters. The number of carbonyl (C=O) groups is 1. The second-order valence-corrected chi connectivity index (χ2v) is 5.39. The molecule has 118 valence electrons. The van der Waals surface area contributed by atoms with Gasteiger partial charge in [0.25, 0.3) is 0 Å². The molecule has 0 aliphatic heterocycles. The maximum atomic E-state index is 12.6. The van der Waals surface area contributed by atoms with Crippen LogP contribution in [0.3, 0.4) is 0 Å². The van der Waals surface area contributed by atoms with Crippen LogP contribution < -0.4 is 0 Å². The van der Waals surface area contributed by atoms with Crippen molar-refractivity contribution in [3.05, 3.63) is 71.1 Å². The van der Waals surface area contributed by atoms with E-state index in [-0.39, 0.29) is 29.5 Å². The van der Waals surface area contributed by atoms with Gasteiger partial charge in [-0.15, -0.1) is 12.4 Å². The maximum Gasteiger partial charge on any atom is 0.198 e. The van der Waals surface area contributed by atoms with E-state index in [2.05, 4.69) is 4.98 Å². The smallest absolute Gasteiger partial charge is 0.198 e. The Morgan fingerprint density at radius 3 is 2.57 bits per heavy atom. The minimum atomic E-state index is -0.268. The highest BCUT2D eigenvalue weighted by Crippen LogP contribution is 2.27. The zero-order valence-corrected chi connectivity index (χ0v) is 13.8. The van der Waals surface area contributed by atoms with Gasteiger partial charge < -0.3 is 9.67 Å². The summed E-state index contributed by atoms with van der Waals surface area (Å²) < 4.78 is 1.87. The van der Waals surface area contributed by atoms with Gasteiger partial charge in [0.1, 0.15) is 5.75 Å². The molecule has 2 heterocycles. The molecule has 1 aromatic carbocycles. The molecule has 1 N–H and O–H groups in total. The van der Waals surface area contributed by atoms with E-state index in [1.54, 1.807) is 30.7 Å². The van der Waals surface area contributed by atoms with Crippen LogP contribution in [0.1, 0.15) is 15.9 Å². The summed E-state index contributed by atoms with van der Waals surface area (Å²) in [4.78, 5) is 16.6. The molecular weight excluding hydrogens is 335 g/mol. The number of halogens is 2. The van der Waals surface area contributed by atoms with Crippen LogP contribution in [0.4, 0.5) is 0 Å². The number of hydrogen-bond acceptors (Lipinski definition) is 3. The summed E-state index contributed by atoms with van der Waals surface area (Å²) in [5.41, 5.74) is 2.55. The average molecular weight is 349 g/mol. The lowest BCUT2D eigenvalue weighted by atomic mass is 10.0. The molecule has 3 rings (SSSR count). The SMILES string of the molecule is Cl.Cn1cc(C(=O)c2cc(Cl)ccc2O)cc1-c1ccncc1. The number of aryl methyl sites for hydroxylation is 1. The van der Waals surface area contributed by atoms with Crippen molar-refractivity contribution >= 4 is 29.8 Å². The molecule has 4 nitrogen and oxygen atoms in total. The molecule has 0 bridgehead atoms. The van der Waals surface area contributed by atoms with Crippen molar-refractivity contribution in [2.75, 3.05) is 0 Å². The Balaban J connectivity index is 0.00000192. The van der Waals surface area contributed by atoms with Crippen LogP contribution in [0.15, 0.2) is 55.0 Å². The van der Waals surface area contributed by atoms with E-state index in [9.17, 15) is 9.90 Å². The standard InChI is InChI=1S/C17H13ClN2O2.ClH/c1-20-10-12(8-15(20)11-4-6-19-7-5-11)17(22)14-9-13(18)2-3-16(14)21;/h2-10,21H,1H3;1H. The normalized spacial score (nSPS) is 10.2. The number of aromatic hydroxyl groups is 1. The Kier molecular flexibility index (Phi) is 5.08. The van der Waals surface area contributed by atoms with E-state index in [1.807, 2.05) is 23.7 Å².